The molecule has 3 N–H and O–H groups in total. The van der Waals surface area contributed by atoms with Crippen LogP contribution in [0.2, 0.25) is 0 Å². The molecule has 7 rings (SSSR count). The average Bonchev–Trinajstić information content (AvgIpc) is 4.10. The number of pyridine rings is 1. The van der Waals surface area contributed by atoms with Gasteiger partial charge in [0.25, 0.3) is 5.91 Å². The Morgan fingerprint density at radius 3 is 2.48 bits per heavy atom. The van der Waals surface area contributed by atoms with Crippen LogP contribution in [0.1, 0.15) is 72.1 Å². The number of alkyl carbamates (subject to hydrolysis) is 1. The van der Waals surface area contributed by atoms with E-state index in [1.165, 1.54) is 4.90 Å². The molecule has 5 fully saturated rings. The summed E-state index contributed by atoms with van der Waals surface area (Å²) in [6.45, 7) is 8.30. The number of ether oxygens (including phenoxy) is 4. The van der Waals surface area contributed by atoms with Crippen LogP contribution in [0.15, 0.2) is 24.3 Å². The highest BCUT2D eigenvalue weighted by atomic mass is 32.2. The number of methoxy groups -OCH3 is 1. The molecule has 18 heteroatoms. The lowest BCUT2D eigenvalue weighted by atomic mass is 10.1. The minimum atomic E-state index is -3.89. The van der Waals surface area contributed by atoms with Gasteiger partial charge in [0.1, 0.15) is 40.9 Å². The number of carbonyl (C=O) groups excluding carboxylic acids is 4. The van der Waals surface area contributed by atoms with Crippen molar-refractivity contribution in [1.29, 1.82) is 0 Å². The first-order valence-corrected chi connectivity index (χ1v) is 21.9. The van der Waals surface area contributed by atoms with Gasteiger partial charge in [0.05, 0.1) is 32.1 Å². The molecular formula is C40H57N7O10S. The standard InChI is InChI=1S/C40H57N7O10S/c1-39(2,3)57-38(51)41-31-24-45(4)14-8-6-7-9-26-22-40(26,37(50)44-58(52,53)29-11-12-29)43-34(48)32-21-28(23-47(32)36(31)49)56-35-30-13-10-27(54-5)19-25(30)20-33(42-35)46-15-17-55-18-16-46/h10,13,19-20,26,28-29,31-32H,6-9,11-12,14-18,21-24H2,1-5H3,(H,41,51)(H,43,48)(H,44,50)/t26-,28?,31+,32+,40-/m1/s1. The molecule has 1 unspecified atom stereocenters. The van der Waals surface area contributed by atoms with Gasteiger partial charge in [-0.2, -0.15) is 4.98 Å². The van der Waals surface area contributed by atoms with E-state index < -0.39 is 68.4 Å². The van der Waals surface area contributed by atoms with Crippen molar-refractivity contribution < 1.29 is 46.5 Å². The van der Waals surface area contributed by atoms with E-state index in [2.05, 4.69) is 20.3 Å². The largest absolute Gasteiger partial charge is 0.497 e. The third-order valence-corrected chi connectivity index (χ3v) is 13.4. The number of hydrogen-bond acceptors (Lipinski definition) is 13. The molecule has 4 amide bonds. The fraction of sp³-hybridized carbons (Fsp3) is 0.675. The Hall–Kier alpha value is -4.42. The number of rotatable bonds is 8. The Bertz CT molecular complexity index is 2000. The smallest absolute Gasteiger partial charge is 0.408 e. The molecule has 318 valence electrons. The number of nitrogens with one attached hydrogen (secondary N) is 3. The normalized spacial score (nSPS) is 27.7. The Morgan fingerprint density at radius 1 is 1.02 bits per heavy atom. The van der Waals surface area contributed by atoms with Crippen molar-refractivity contribution >= 4 is 50.4 Å². The zero-order valence-corrected chi connectivity index (χ0v) is 34.9. The molecule has 0 bridgehead atoms. The van der Waals surface area contributed by atoms with Crippen LogP contribution >= 0.6 is 0 Å². The Labute approximate surface area is 339 Å². The Kier molecular flexibility index (Phi) is 12.0. The lowest BCUT2D eigenvalue weighted by Gasteiger charge is -2.32. The van der Waals surface area contributed by atoms with Crippen LogP contribution in [-0.4, -0.2) is 142 Å². The lowest BCUT2D eigenvalue weighted by Crippen LogP contribution is -2.59. The van der Waals surface area contributed by atoms with E-state index in [-0.39, 0.29) is 31.8 Å². The molecule has 2 aliphatic carbocycles. The van der Waals surface area contributed by atoms with Crippen LogP contribution in [0.3, 0.4) is 0 Å². The highest BCUT2D eigenvalue weighted by Crippen LogP contribution is 2.48. The summed E-state index contributed by atoms with van der Waals surface area (Å²) < 4.78 is 51.5. The summed E-state index contributed by atoms with van der Waals surface area (Å²) in [5.41, 5.74) is -2.27. The van der Waals surface area contributed by atoms with E-state index in [1.54, 1.807) is 27.9 Å². The number of benzene rings is 1. The van der Waals surface area contributed by atoms with Gasteiger partial charge in [-0.25, -0.2) is 13.2 Å². The van der Waals surface area contributed by atoms with Crippen LogP contribution in [0, 0.1) is 5.92 Å². The number of fused-ring (bicyclic) bond motifs is 3. The molecule has 1 aromatic heterocycles. The van der Waals surface area contributed by atoms with E-state index in [0.29, 0.717) is 74.9 Å². The molecule has 4 heterocycles. The summed E-state index contributed by atoms with van der Waals surface area (Å²) in [7, 11) is -0.423. The van der Waals surface area contributed by atoms with Crippen molar-refractivity contribution in [2.75, 3.05) is 65.0 Å². The van der Waals surface area contributed by atoms with Gasteiger partial charge < -0.3 is 44.3 Å². The number of hydrogen-bond donors (Lipinski definition) is 3. The molecule has 3 aliphatic heterocycles. The molecule has 2 saturated carbocycles. The van der Waals surface area contributed by atoms with Crippen LogP contribution in [-0.2, 0) is 33.9 Å². The maximum atomic E-state index is 14.8. The number of anilines is 1. The number of sulfonamides is 1. The fourth-order valence-electron chi connectivity index (χ4n) is 8.23. The van der Waals surface area contributed by atoms with Gasteiger partial charge in [-0.05, 0) is 102 Å². The van der Waals surface area contributed by atoms with E-state index in [9.17, 15) is 27.6 Å². The molecule has 5 aliphatic rings. The molecule has 17 nitrogen and oxygen atoms in total. The van der Waals surface area contributed by atoms with Gasteiger partial charge in [-0.15, -0.1) is 0 Å². The minimum absolute atomic E-state index is 0.0348. The summed E-state index contributed by atoms with van der Waals surface area (Å²) in [6.07, 6.45) is 2.76. The maximum Gasteiger partial charge on any atom is 0.408 e. The zero-order valence-electron chi connectivity index (χ0n) is 34.1. The second kappa shape index (κ2) is 16.7. The van der Waals surface area contributed by atoms with Gasteiger partial charge >= 0.3 is 6.09 Å². The number of nitrogens with zero attached hydrogens (tertiary/aromatic N) is 4. The number of morpholine rings is 1. The number of amides is 4. The van der Waals surface area contributed by atoms with E-state index >= 15 is 0 Å². The summed E-state index contributed by atoms with van der Waals surface area (Å²) in [5.74, 6) is -0.505. The number of likely N-dealkylation sites (N-methyl/N-ethyl adjacent to an activating group) is 1. The monoisotopic (exact) mass is 827 g/mol. The predicted molar refractivity (Wildman–Crippen MR) is 214 cm³/mol. The molecule has 3 saturated heterocycles. The summed E-state index contributed by atoms with van der Waals surface area (Å²) >= 11 is 0. The molecule has 0 spiro atoms. The zero-order chi connectivity index (χ0) is 41.4. The SMILES string of the molecule is COc1ccc2c(OC3C[C@H]4C(=O)N[C@]5(C(=O)NS(=O)(=O)C6CC6)C[C@H]5CCCCCN(C)C[C@H](NC(=O)OC(C)(C)C)C(=O)N4C3)nc(N3CCOCC3)cc2c1. The molecular weight excluding hydrogens is 771 g/mol. The predicted octanol–water partition coefficient (Wildman–Crippen LogP) is 2.31. The average molecular weight is 828 g/mol. The molecule has 5 atom stereocenters. The topological polar surface area (TPSA) is 198 Å². The fourth-order valence-corrected chi connectivity index (χ4v) is 9.60. The minimum Gasteiger partial charge on any atom is -0.497 e. The van der Waals surface area contributed by atoms with Crippen molar-refractivity contribution in [3.63, 3.8) is 0 Å². The second-order valence-corrected chi connectivity index (χ2v) is 19.3. The van der Waals surface area contributed by atoms with Gasteiger partial charge in [0.15, 0.2) is 0 Å². The molecule has 0 radical (unpaired) electrons. The number of aromatic nitrogens is 1. The molecule has 2 aromatic rings. The third-order valence-electron chi connectivity index (χ3n) is 11.6. The maximum absolute atomic E-state index is 14.8. The second-order valence-electron chi connectivity index (χ2n) is 17.3. The van der Waals surface area contributed by atoms with Crippen LogP contribution in [0.4, 0.5) is 10.6 Å². The summed E-state index contributed by atoms with van der Waals surface area (Å²) in [6, 6.07) is 5.31. The highest BCUT2D eigenvalue weighted by Gasteiger charge is 2.62. The Morgan fingerprint density at radius 2 is 1.78 bits per heavy atom. The Balaban J connectivity index is 1.22. The lowest BCUT2D eigenvalue weighted by molar-refractivity contribution is -0.141. The molecule has 1 aromatic carbocycles. The van der Waals surface area contributed by atoms with Gasteiger partial charge in [-0.3, -0.25) is 19.1 Å². The first-order valence-electron chi connectivity index (χ1n) is 20.4. The van der Waals surface area contributed by atoms with Gasteiger partial charge in [0.2, 0.25) is 27.7 Å². The quantitative estimate of drug-likeness (QED) is 0.351. The first-order chi connectivity index (χ1) is 27.5. The van der Waals surface area contributed by atoms with Crippen LogP contribution in [0.25, 0.3) is 10.8 Å². The van der Waals surface area contributed by atoms with Crippen LogP contribution in [0.5, 0.6) is 11.6 Å². The number of carbonyl (C=O) groups is 4. The highest BCUT2D eigenvalue weighted by molar-refractivity contribution is 7.91. The van der Waals surface area contributed by atoms with Gasteiger partial charge in [-0.1, -0.05) is 12.8 Å². The van der Waals surface area contributed by atoms with E-state index in [4.69, 9.17) is 23.9 Å². The van der Waals surface area contributed by atoms with Gasteiger partial charge in [0, 0.05) is 31.4 Å². The van der Waals surface area contributed by atoms with E-state index in [1.807, 2.05) is 36.2 Å². The van der Waals surface area contributed by atoms with Crippen molar-refractivity contribution in [1.82, 2.24) is 30.1 Å². The van der Waals surface area contributed by atoms with E-state index in [0.717, 1.165) is 24.6 Å². The molecule has 58 heavy (non-hydrogen) atoms. The van der Waals surface area contributed by atoms with Crippen molar-refractivity contribution in [2.24, 2.45) is 5.92 Å². The summed E-state index contributed by atoms with van der Waals surface area (Å²) in [5, 5.41) is 6.62. The third kappa shape index (κ3) is 9.54. The van der Waals surface area contributed by atoms with Crippen molar-refractivity contribution in [3.8, 4) is 11.6 Å². The first kappa shape index (κ1) is 41.7. The van der Waals surface area contributed by atoms with Crippen molar-refractivity contribution in [3.05, 3.63) is 24.3 Å². The van der Waals surface area contributed by atoms with Crippen LogP contribution < -0.4 is 29.7 Å². The summed E-state index contributed by atoms with van der Waals surface area (Å²) in [4.78, 5) is 66.8. The van der Waals surface area contributed by atoms with Crippen molar-refractivity contribution in [2.45, 2.75) is 107 Å².